The summed E-state index contributed by atoms with van der Waals surface area (Å²) >= 11 is 10.8. The van der Waals surface area contributed by atoms with Gasteiger partial charge in [0.05, 0.1) is 5.56 Å². The van der Waals surface area contributed by atoms with Crippen molar-refractivity contribution in [2.45, 2.75) is 6.92 Å². The summed E-state index contributed by atoms with van der Waals surface area (Å²) in [7, 11) is 0. The van der Waals surface area contributed by atoms with Gasteiger partial charge >= 0.3 is 0 Å². The van der Waals surface area contributed by atoms with Gasteiger partial charge in [-0.15, -0.1) is 0 Å². The normalized spacial score (nSPS) is 10.0. The number of benzene rings is 1. The Kier molecular flexibility index (Phi) is 3.55. The molecule has 0 aliphatic heterocycles. The molecule has 0 fully saturated rings. The Hall–Kier alpha value is 0.390. The van der Waals surface area contributed by atoms with Crippen molar-refractivity contribution in [3.63, 3.8) is 0 Å². The standard InChI is InChI=1S/C8H5BrClIO/c1-4-2-3-5(9)6(7(4)11)8(10)12/h2-3H,1H3. The van der Waals surface area contributed by atoms with Crippen LogP contribution in [0.25, 0.3) is 0 Å². The molecular weight excluding hydrogens is 354 g/mol. The average molecular weight is 359 g/mol. The molecule has 64 valence electrons. The minimum absolute atomic E-state index is 0.421. The molecule has 1 aromatic rings. The maximum Gasteiger partial charge on any atom is 0.254 e. The van der Waals surface area contributed by atoms with E-state index >= 15 is 0 Å². The van der Waals surface area contributed by atoms with Crippen LogP contribution in [0.3, 0.4) is 0 Å². The number of aryl methyl sites for hydroxylation is 1. The van der Waals surface area contributed by atoms with Crippen LogP contribution in [0.1, 0.15) is 15.9 Å². The second kappa shape index (κ2) is 4.07. The molecule has 12 heavy (non-hydrogen) atoms. The van der Waals surface area contributed by atoms with Crippen molar-refractivity contribution in [2.24, 2.45) is 0 Å². The van der Waals surface area contributed by atoms with E-state index in [1.165, 1.54) is 0 Å². The Bertz CT molecular complexity index is 338. The first-order chi connectivity index (χ1) is 5.54. The molecule has 0 saturated heterocycles. The summed E-state index contributed by atoms with van der Waals surface area (Å²) in [6.45, 7) is 1.94. The smallest absolute Gasteiger partial charge is 0.254 e. The Balaban J connectivity index is 3.43. The molecule has 4 heteroatoms. The molecule has 0 amide bonds. The first-order valence-electron chi connectivity index (χ1n) is 3.18. The van der Waals surface area contributed by atoms with Crippen LogP contribution in [0.15, 0.2) is 16.6 Å². The number of hydrogen-bond donors (Lipinski definition) is 0. The molecule has 1 aromatic carbocycles. The van der Waals surface area contributed by atoms with Gasteiger partial charge in [-0.1, -0.05) is 6.07 Å². The third-order valence-corrected chi connectivity index (χ3v) is 3.72. The Morgan fingerprint density at radius 3 is 2.58 bits per heavy atom. The maximum atomic E-state index is 11.0. The molecule has 1 rings (SSSR count). The van der Waals surface area contributed by atoms with Crippen LogP contribution in [0, 0.1) is 10.5 Å². The van der Waals surface area contributed by atoms with Crippen LogP contribution in [0.4, 0.5) is 0 Å². The van der Waals surface area contributed by atoms with Gasteiger partial charge in [0, 0.05) is 8.04 Å². The highest BCUT2D eigenvalue weighted by atomic mass is 127. The molecule has 1 nitrogen and oxygen atoms in total. The maximum absolute atomic E-state index is 11.0. The molecule has 0 atom stereocenters. The molecule has 0 unspecified atom stereocenters. The highest BCUT2D eigenvalue weighted by Gasteiger charge is 2.12. The van der Waals surface area contributed by atoms with Crippen molar-refractivity contribution < 1.29 is 4.79 Å². The summed E-state index contributed by atoms with van der Waals surface area (Å²) in [5, 5.41) is -0.421. The van der Waals surface area contributed by atoms with Crippen LogP contribution in [0.2, 0.25) is 0 Å². The van der Waals surface area contributed by atoms with E-state index < -0.39 is 5.24 Å². The summed E-state index contributed by atoms with van der Waals surface area (Å²) in [4.78, 5) is 11.0. The number of carbonyl (C=O) groups excluding carboxylic acids is 1. The van der Waals surface area contributed by atoms with Crippen LogP contribution >= 0.6 is 50.1 Å². The molecule has 0 spiro atoms. The van der Waals surface area contributed by atoms with Gasteiger partial charge in [0.1, 0.15) is 0 Å². The lowest BCUT2D eigenvalue weighted by atomic mass is 10.2. The molecule has 0 aromatic heterocycles. The third kappa shape index (κ3) is 2.00. The molecular formula is C8H5BrClIO. The summed E-state index contributed by atoms with van der Waals surface area (Å²) in [5.41, 5.74) is 1.61. The molecule has 0 bridgehead atoms. The lowest BCUT2D eigenvalue weighted by Gasteiger charge is -2.04. The summed E-state index contributed by atoms with van der Waals surface area (Å²) in [6, 6.07) is 3.77. The van der Waals surface area contributed by atoms with Crippen molar-refractivity contribution in [1.29, 1.82) is 0 Å². The predicted octanol–water partition coefficient (Wildman–Crippen LogP) is 3.74. The molecule has 0 saturated carbocycles. The van der Waals surface area contributed by atoms with Crippen LogP contribution in [-0.4, -0.2) is 5.24 Å². The summed E-state index contributed by atoms with van der Waals surface area (Å²) in [6.07, 6.45) is 0. The molecule has 0 heterocycles. The molecule has 0 radical (unpaired) electrons. The zero-order chi connectivity index (χ0) is 9.30. The average Bonchev–Trinajstić information content (AvgIpc) is 1.97. The Labute approximate surface area is 97.8 Å². The highest BCUT2D eigenvalue weighted by molar-refractivity contribution is 14.1. The molecule has 0 aliphatic rings. The third-order valence-electron chi connectivity index (χ3n) is 1.48. The van der Waals surface area contributed by atoms with Crippen molar-refractivity contribution in [3.8, 4) is 0 Å². The van der Waals surface area contributed by atoms with Crippen molar-refractivity contribution in [2.75, 3.05) is 0 Å². The van der Waals surface area contributed by atoms with E-state index in [1.54, 1.807) is 0 Å². The number of rotatable bonds is 1. The molecule has 0 N–H and O–H groups in total. The van der Waals surface area contributed by atoms with E-state index in [0.717, 1.165) is 13.6 Å². The van der Waals surface area contributed by atoms with Gasteiger partial charge in [0.15, 0.2) is 0 Å². The minimum Gasteiger partial charge on any atom is -0.276 e. The van der Waals surface area contributed by atoms with Gasteiger partial charge in [-0.3, -0.25) is 4.79 Å². The van der Waals surface area contributed by atoms with Gasteiger partial charge in [-0.25, -0.2) is 0 Å². The van der Waals surface area contributed by atoms with Crippen LogP contribution < -0.4 is 0 Å². The topological polar surface area (TPSA) is 17.1 Å². The predicted molar refractivity (Wildman–Crippen MR) is 61.8 cm³/mol. The van der Waals surface area contributed by atoms with Gasteiger partial charge in [-0.2, -0.15) is 0 Å². The lowest BCUT2D eigenvalue weighted by molar-refractivity contribution is 0.108. The summed E-state index contributed by atoms with van der Waals surface area (Å²) in [5.74, 6) is 0. The largest absolute Gasteiger partial charge is 0.276 e. The van der Waals surface area contributed by atoms with Crippen molar-refractivity contribution in [3.05, 3.63) is 31.3 Å². The zero-order valence-electron chi connectivity index (χ0n) is 6.20. The minimum atomic E-state index is -0.421. The van der Waals surface area contributed by atoms with E-state index in [1.807, 2.05) is 19.1 Å². The van der Waals surface area contributed by atoms with E-state index in [0.29, 0.717) is 5.56 Å². The zero-order valence-corrected chi connectivity index (χ0v) is 10.7. The Morgan fingerprint density at radius 2 is 2.17 bits per heavy atom. The van der Waals surface area contributed by atoms with E-state index in [9.17, 15) is 4.79 Å². The van der Waals surface area contributed by atoms with Gasteiger partial charge in [0.2, 0.25) is 0 Å². The van der Waals surface area contributed by atoms with Crippen molar-refractivity contribution >= 4 is 55.4 Å². The summed E-state index contributed by atoms with van der Waals surface area (Å²) < 4.78 is 1.65. The Morgan fingerprint density at radius 1 is 1.58 bits per heavy atom. The van der Waals surface area contributed by atoms with Crippen LogP contribution in [0.5, 0.6) is 0 Å². The fourth-order valence-electron chi connectivity index (χ4n) is 0.837. The van der Waals surface area contributed by atoms with Gasteiger partial charge < -0.3 is 0 Å². The number of carbonyl (C=O) groups is 1. The highest BCUT2D eigenvalue weighted by Crippen LogP contribution is 2.26. The monoisotopic (exact) mass is 358 g/mol. The first-order valence-corrected chi connectivity index (χ1v) is 5.43. The fraction of sp³-hybridized carbons (Fsp3) is 0.125. The van der Waals surface area contributed by atoms with Gasteiger partial charge in [-0.05, 0) is 68.7 Å². The SMILES string of the molecule is Cc1ccc(Br)c(C(=O)Cl)c1I. The lowest BCUT2D eigenvalue weighted by Crippen LogP contribution is -1.97. The second-order valence-corrected chi connectivity index (χ2v) is 4.60. The number of halogens is 3. The van der Waals surface area contributed by atoms with E-state index in [-0.39, 0.29) is 0 Å². The van der Waals surface area contributed by atoms with Crippen molar-refractivity contribution in [1.82, 2.24) is 0 Å². The van der Waals surface area contributed by atoms with E-state index in [4.69, 9.17) is 11.6 Å². The van der Waals surface area contributed by atoms with E-state index in [2.05, 4.69) is 38.5 Å². The quantitative estimate of drug-likeness (QED) is 0.551. The molecule has 0 aliphatic carbocycles. The fourth-order valence-corrected chi connectivity index (χ4v) is 2.90. The van der Waals surface area contributed by atoms with Crippen LogP contribution in [-0.2, 0) is 0 Å². The van der Waals surface area contributed by atoms with Gasteiger partial charge in [0.25, 0.3) is 5.24 Å². The number of hydrogen-bond acceptors (Lipinski definition) is 1. The first kappa shape index (κ1) is 10.5. The second-order valence-electron chi connectivity index (χ2n) is 2.33.